The first-order chi connectivity index (χ1) is 7.74. The molecule has 3 nitrogen and oxygen atoms in total. The van der Waals surface area contributed by atoms with Gasteiger partial charge >= 0.3 is 0 Å². The fraction of sp³-hybridized carbons (Fsp3) is 0.417. The highest BCUT2D eigenvalue weighted by Crippen LogP contribution is 2.10. The molecule has 1 aromatic carbocycles. The number of rotatable bonds is 3. The first-order valence-corrected chi connectivity index (χ1v) is 5.86. The lowest BCUT2D eigenvalue weighted by molar-refractivity contribution is -0.121. The molecule has 2 N–H and O–H groups in total. The molecule has 0 saturated carbocycles. The van der Waals surface area contributed by atoms with Gasteiger partial charge in [0.25, 0.3) is 0 Å². The van der Waals surface area contributed by atoms with Crippen LogP contribution in [-0.4, -0.2) is 25.0 Å². The number of hydrogen-bond acceptors (Lipinski definition) is 2. The van der Waals surface area contributed by atoms with Crippen molar-refractivity contribution in [2.75, 3.05) is 13.1 Å². The van der Waals surface area contributed by atoms with Gasteiger partial charge in [-0.25, -0.2) is 0 Å². The molecule has 1 fully saturated rings. The molecule has 0 radical (unpaired) electrons. The summed E-state index contributed by atoms with van der Waals surface area (Å²) in [6.07, 6.45) is 1.44. The quantitative estimate of drug-likeness (QED) is 0.835. The second kappa shape index (κ2) is 5.32. The first-order valence-electron chi connectivity index (χ1n) is 5.48. The van der Waals surface area contributed by atoms with E-state index in [9.17, 15) is 4.79 Å². The monoisotopic (exact) mass is 238 g/mol. The summed E-state index contributed by atoms with van der Waals surface area (Å²) in [4.78, 5) is 11.7. The van der Waals surface area contributed by atoms with Crippen molar-refractivity contribution in [2.24, 2.45) is 0 Å². The lowest BCUT2D eigenvalue weighted by Crippen LogP contribution is -2.37. The van der Waals surface area contributed by atoms with Crippen molar-refractivity contribution in [2.45, 2.75) is 18.9 Å². The van der Waals surface area contributed by atoms with E-state index in [-0.39, 0.29) is 5.91 Å². The molecule has 0 unspecified atom stereocenters. The van der Waals surface area contributed by atoms with Crippen LogP contribution in [0, 0.1) is 0 Å². The van der Waals surface area contributed by atoms with Crippen LogP contribution in [0.2, 0.25) is 5.02 Å². The Labute approximate surface area is 100 Å². The molecular formula is C12H15ClN2O. The summed E-state index contributed by atoms with van der Waals surface area (Å²) in [6.45, 7) is 1.87. The SMILES string of the molecule is O=C(Cc1ccc(Cl)cc1)N[C@@H]1CCNC1. The van der Waals surface area contributed by atoms with E-state index >= 15 is 0 Å². The zero-order chi connectivity index (χ0) is 11.4. The Bertz CT molecular complexity index is 358. The van der Waals surface area contributed by atoms with Crippen molar-refractivity contribution < 1.29 is 4.79 Å². The zero-order valence-corrected chi connectivity index (χ0v) is 9.76. The molecule has 1 saturated heterocycles. The van der Waals surface area contributed by atoms with Crippen LogP contribution in [-0.2, 0) is 11.2 Å². The lowest BCUT2D eigenvalue weighted by atomic mass is 10.1. The fourth-order valence-electron chi connectivity index (χ4n) is 1.84. The van der Waals surface area contributed by atoms with Crippen LogP contribution in [0.25, 0.3) is 0 Å². The van der Waals surface area contributed by atoms with Crippen LogP contribution < -0.4 is 10.6 Å². The summed E-state index contributed by atoms with van der Waals surface area (Å²) >= 11 is 5.78. The number of benzene rings is 1. The molecular weight excluding hydrogens is 224 g/mol. The maximum Gasteiger partial charge on any atom is 0.224 e. The Morgan fingerprint density at radius 3 is 2.81 bits per heavy atom. The Hall–Kier alpha value is -1.06. The normalized spacial score (nSPS) is 19.7. The van der Waals surface area contributed by atoms with Gasteiger partial charge in [0.2, 0.25) is 5.91 Å². The molecule has 0 spiro atoms. The van der Waals surface area contributed by atoms with Crippen LogP contribution in [0.15, 0.2) is 24.3 Å². The molecule has 86 valence electrons. The minimum Gasteiger partial charge on any atom is -0.352 e. The summed E-state index contributed by atoms with van der Waals surface area (Å²) in [6, 6.07) is 7.67. The van der Waals surface area contributed by atoms with Crippen molar-refractivity contribution in [3.8, 4) is 0 Å². The summed E-state index contributed by atoms with van der Waals surface area (Å²) in [7, 11) is 0. The molecule has 1 aliphatic rings. The highest BCUT2D eigenvalue weighted by molar-refractivity contribution is 6.30. The van der Waals surface area contributed by atoms with Crippen molar-refractivity contribution in [3.05, 3.63) is 34.9 Å². The van der Waals surface area contributed by atoms with Crippen molar-refractivity contribution in [1.29, 1.82) is 0 Å². The number of nitrogens with one attached hydrogen (secondary N) is 2. The number of amides is 1. The molecule has 1 amide bonds. The minimum absolute atomic E-state index is 0.0797. The number of carbonyl (C=O) groups excluding carboxylic acids is 1. The predicted molar refractivity (Wildman–Crippen MR) is 64.6 cm³/mol. The van der Waals surface area contributed by atoms with E-state index in [2.05, 4.69) is 10.6 Å². The third-order valence-electron chi connectivity index (χ3n) is 2.70. The van der Waals surface area contributed by atoms with E-state index in [0.29, 0.717) is 17.5 Å². The van der Waals surface area contributed by atoms with Gasteiger partial charge in [-0.1, -0.05) is 23.7 Å². The van der Waals surface area contributed by atoms with Gasteiger partial charge in [0.05, 0.1) is 6.42 Å². The van der Waals surface area contributed by atoms with Crippen LogP contribution in [0.1, 0.15) is 12.0 Å². The number of carbonyl (C=O) groups is 1. The Kier molecular flexibility index (Phi) is 3.80. The van der Waals surface area contributed by atoms with Crippen LogP contribution in [0.5, 0.6) is 0 Å². The van der Waals surface area contributed by atoms with Gasteiger partial charge in [0, 0.05) is 17.6 Å². The summed E-state index contributed by atoms with van der Waals surface area (Å²) in [5, 5.41) is 6.92. The van der Waals surface area contributed by atoms with Gasteiger partial charge in [-0.3, -0.25) is 4.79 Å². The zero-order valence-electron chi connectivity index (χ0n) is 9.00. The Balaban J connectivity index is 1.84. The Morgan fingerprint density at radius 2 is 2.19 bits per heavy atom. The second-order valence-electron chi connectivity index (χ2n) is 4.06. The first kappa shape index (κ1) is 11.4. The topological polar surface area (TPSA) is 41.1 Å². The van der Waals surface area contributed by atoms with Crippen LogP contribution in [0.4, 0.5) is 0 Å². The highest BCUT2D eigenvalue weighted by atomic mass is 35.5. The molecule has 0 aliphatic carbocycles. The van der Waals surface area contributed by atoms with E-state index in [1.165, 1.54) is 0 Å². The lowest BCUT2D eigenvalue weighted by Gasteiger charge is -2.11. The third kappa shape index (κ3) is 3.22. The average molecular weight is 239 g/mol. The van der Waals surface area contributed by atoms with E-state index < -0.39 is 0 Å². The highest BCUT2D eigenvalue weighted by Gasteiger charge is 2.16. The Morgan fingerprint density at radius 1 is 1.44 bits per heavy atom. The van der Waals surface area contributed by atoms with Gasteiger partial charge in [-0.05, 0) is 30.7 Å². The maximum absolute atomic E-state index is 11.7. The predicted octanol–water partition coefficient (Wildman–Crippen LogP) is 1.36. The van der Waals surface area contributed by atoms with E-state index in [1.807, 2.05) is 12.1 Å². The van der Waals surface area contributed by atoms with E-state index in [0.717, 1.165) is 25.1 Å². The molecule has 1 atom stereocenters. The average Bonchev–Trinajstić information content (AvgIpc) is 2.74. The van der Waals surface area contributed by atoms with Crippen LogP contribution >= 0.6 is 11.6 Å². The molecule has 0 bridgehead atoms. The van der Waals surface area contributed by atoms with E-state index in [1.54, 1.807) is 12.1 Å². The molecule has 16 heavy (non-hydrogen) atoms. The van der Waals surface area contributed by atoms with Crippen molar-refractivity contribution >= 4 is 17.5 Å². The molecule has 2 rings (SSSR count). The molecule has 1 heterocycles. The summed E-state index contributed by atoms with van der Waals surface area (Å²) in [5.74, 6) is 0.0797. The largest absolute Gasteiger partial charge is 0.352 e. The van der Waals surface area contributed by atoms with E-state index in [4.69, 9.17) is 11.6 Å². The maximum atomic E-state index is 11.7. The van der Waals surface area contributed by atoms with Crippen molar-refractivity contribution in [3.63, 3.8) is 0 Å². The fourth-order valence-corrected chi connectivity index (χ4v) is 1.97. The standard InChI is InChI=1S/C12H15ClN2O/c13-10-3-1-9(2-4-10)7-12(16)15-11-5-6-14-8-11/h1-4,11,14H,5-8H2,(H,15,16)/t11-/m1/s1. The molecule has 1 aromatic rings. The molecule has 4 heteroatoms. The van der Waals surface area contributed by atoms with Gasteiger partial charge in [0.1, 0.15) is 0 Å². The van der Waals surface area contributed by atoms with Gasteiger partial charge in [0.15, 0.2) is 0 Å². The second-order valence-corrected chi connectivity index (χ2v) is 4.50. The molecule has 0 aromatic heterocycles. The summed E-state index contributed by atoms with van der Waals surface area (Å²) < 4.78 is 0. The van der Waals surface area contributed by atoms with Gasteiger partial charge < -0.3 is 10.6 Å². The molecule has 1 aliphatic heterocycles. The minimum atomic E-state index is 0.0797. The van der Waals surface area contributed by atoms with Gasteiger partial charge in [-0.2, -0.15) is 0 Å². The number of halogens is 1. The number of hydrogen-bond donors (Lipinski definition) is 2. The smallest absolute Gasteiger partial charge is 0.224 e. The van der Waals surface area contributed by atoms with Crippen molar-refractivity contribution in [1.82, 2.24) is 10.6 Å². The summed E-state index contributed by atoms with van der Waals surface area (Å²) in [5.41, 5.74) is 0.993. The third-order valence-corrected chi connectivity index (χ3v) is 2.96. The van der Waals surface area contributed by atoms with Gasteiger partial charge in [-0.15, -0.1) is 0 Å². The van der Waals surface area contributed by atoms with Crippen LogP contribution in [0.3, 0.4) is 0 Å².